The number of allylic oxidation sites excluding steroid dienone is 2. The summed E-state index contributed by atoms with van der Waals surface area (Å²) in [5.74, 6) is 1.61. The number of nitrogens with zero attached hydrogens (tertiary/aromatic N) is 1. The second-order valence-electron chi connectivity index (χ2n) is 4.37. The standard InChI is InChI=1S/C11H17NO/c1-9-7-12(8-9)11(13)6-10-4-2-3-5-10/h2,4,9-10H,3,5-8H2,1H3. The first-order chi connectivity index (χ1) is 6.25. The van der Waals surface area contributed by atoms with Crippen molar-refractivity contribution in [2.75, 3.05) is 13.1 Å². The van der Waals surface area contributed by atoms with Crippen molar-refractivity contribution in [1.29, 1.82) is 0 Å². The van der Waals surface area contributed by atoms with E-state index in [9.17, 15) is 4.79 Å². The Kier molecular flexibility index (Phi) is 2.38. The highest BCUT2D eigenvalue weighted by Crippen LogP contribution is 2.23. The largest absolute Gasteiger partial charge is 0.342 e. The van der Waals surface area contributed by atoms with Crippen LogP contribution in [0.2, 0.25) is 0 Å². The van der Waals surface area contributed by atoms with E-state index in [0.717, 1.165) is 31.8 Å². The summed E-state index contributed by atoms with van der Waals surface area (Å²) >= 11 is 0. The highest BCUT2D eigenvalue weighted by atomic mass is 16.2. The zero-order valence-corrected chi connectivity index (χ0v) is 8.20. The quantitative estimate of drug-likeness (QED) is 0.592. The first-order valence-corrected chi connectivity index (χ1v) is 5.20. The molecule has 0 saturated carbocycles. The third-order valence-corrected chi connectivity index (χ3v) is 2.97. The SMILES string of the molecule is CC1CN(C(=O)CC2C=CCC2)C1. The van der Waals surface area contributed by atoms with Gasteiger partial charge < -0.3 is 4.90 Å². The summed E-state index contributed by atoms with van der Waals surface area (Å²) in [6, 6.07) is 0. The van der Waals surface area contributed by atoms with E-state index in [4.69, 9.17) is 0 Å². The third-order valence-electron chi connectivity index (χ3n) is 2.97. The number of carbonyl (C=O) groups excluding carboxylic acids is 1. The van der Waals surface area contributed by atoms with Crippen molar-refractivity contribution in [1.82, 2.24) is 4.90 Å². The number of amides is 1. The molecule has 1 heterocycles. The van der Waals surface area contributed by atoms with Crippen LogP contribution in [0.25, 0.3) is 0 Å². The molecule has 0 bridgehead atoms. The molecule has 1 unspecified atom stereocenters. The second kappa shape index (κ2) is 3.52. The van der Waals surface area contributed by atoms with E-state index in [1.54, 1.807) is 0 Å². The summed E-state index contributed by atoms with van der Waals surface area (Å²) in [7, 11) is 0. The number of hydrogen-bond acceptors (Lipinski definition) is 1. The average Bonchev–Trinajstić information content (AvgIpc) is 2.51. The molecular formula is C11H17NO. The highest BCUT2D eigenvalue weighted by Gasteiger charge is 2.28. The van der Waals surface area contributed by atoms with Gasteiger partial charge in [0.2, 0.25) is 5.91 Å². The molecule has 1 saturated heterocycles. The minimum Gasteiger partial charge on any atom is -0.342 e. The van der Waals surface area contributed by atoms with Crippen LogP contribution in [-0.2, 0) is 4.79 Å². The maximum Gasteiger partial charge on any atom is 0.223 e. The fourth-order valence-electron chi connectivity index (χ4n) is 2.12. The Bertz CT molecular complexity index is 228. The zero-order valence-electron chi connectivity index (χ0n) is 8.20. The van der Waals surface area contributed by atoms with Crippen LogP contribution in [0.1, 0.15) is 26.2 Å². The summed E-state index contributed by atoms with van der Waals surface area (Å²) in [4.78, 5) is 13.6. The van der Waals surface area contributed by atoms with Gasteiger partial charge in [0.25, 0.3) is 0 Å². The van der Waals surface area contributed by atoms with Crippen LogP contribution < -0.4 is 0 Å². The van der Waals surface area contributed by atoms with Crippen molar-refractivity contribution in [3.8, 4) is 0 Å². The van der Waals surface area contributed by atoms with E-state index in [1.165, 1.54) is 6.42 Å². The van der Waals surface area contributed by atoms with Gasteiger partial charge in [-0.15, -0.1) is 0 Å². The van der Waals surface area contributed by atoms with Gasteiger partial charge in [0.15, 0.2) is 0 Å². The average molecular weight is 179 g/mol. The number of likely N-dealkylation sites (tertiary alicyclic amines) is 1. The molecule has 1 amide bonds. The lowest BCUT2D eigenvalue weighted by atomic mass is 9.99. The van der Waals surface area contributed by atoms with Gasteiger partial charge in [0.1, 0.15) is 0 Å². The molecule has 13 heavy (non-hydrogen) atoms. The summed E-state index contributed by atoms with van der Waals surface area (Å²) in [5, 5.41) is 0. The number of carbonyl (C=O) groups is 1. The number of rotatable bonds is 2. The molecule has 2 nitrogen and oxygen atoms in total. The van der Waals surface area contributed by atoms with Gasteiger partial charge in [-0.05, 0) is 24.7 Å². The predicted molar refractivity (Wildman–Crippen MR) is 52.2 cm³/mol. The van der Waals surface area contributed by atoms with Crippen LogP contribution in [0, 0.1) is 11.8 Å². The van der Waals surface area contributed by atoms with Crippen LogP contribution in [-0.4, -0.2) is 23.9 Å². The van der Waals surface area contributed by atoms with Gasteiger partial charge in [-0.2, -0.15) is 0 Å². The van der Waals surface area contributed by atoms with Gasteiger partial charge >= 0.3 is 0 Å². The molecule has 2 aliphatic rings. The molecule has 72 valence electrons. The van der Waals surface area contributed by atoms with Crippen molar-refractivity contribution >= 4 is 5.91 Å². The first-order valence-electron chi connectivity index (χ1n) is 5.20. The van der Waals surface area contributed by atoms with Gasteiger partial charge in [0.05, 0.1) is 0 Å². The van der Waals surface area contributed by atoms with Crippen LogP contribution in [0.3, 0.4) is 0 Å². The van der Waals surface area contributed by atoms with Crippen molar-refractivity contribution in [2.45, 2.75) is 26.2 Å². The van der Waals surface area contributed by atoms with Crippen LogP contribution >= 0.6 is 0 Å². The van der Waals surface area contributed by atoms with Gasteiger partial charge in [0, 0.05) is 19.5 Å². The minimum absolute atomic E-state index is 0.356. The van der Waals surface area contributed by atoms with Crippen LogP contribution in [0.5, 0.6) is 0 Å². The molecule has 1 aliphatic carbocycles. The Morgan fingerprint density at radius 1 is 1.54 bits per heavy atom. The van der Waals surface area contributed by atoms with Gasteiger partial charge in [-0.1, -0.05) is 19.1 Å². The fourth-order valence-corrected chi connectivity index (χ4v) is 2.12. The van der Waals surface area contributed by atoms with Gasteiger partial charge in [-0.3, -0.25) is 4.79 Å². The maximum atomic E-state index is 11.6. The minimum atomic E-state index is 0.356. The second-order valence-corrected chi connectivity index (χ2v) is 4.37. The fraction of sp³-hybridized carbons (Fsp3) is 0.727. The van der Waals surface area contributed by atoms with E-state index < -0.39 is 0 Å². The Morgan fingerprint density at radius 3 is 2.85 bits per heavy atom. The molecule has 1 atom stereocenters. The van der Waals surface area contributed by atoms with Gasteiger partial charge in [-0.25, -0.2) is 0 Å². The molecule has 0 aromatic carbocycles. The summed E-state index contributed by atoms with van der Waals surface area (Å²) in [6.45, 7) is 4.16. The number of hydrogen-bond donors (Lipinski definition) is 0. The molecule has 0 radical (unpaired) electrons. The van der Waals surface area contributed by atoms with Crippen LogP contribution in [0.15, 0.2) is 12.2 Å². The molecule has 2 rings (SSSR count). The summed E-state index contributed by atoms with van der Waals surface area (Å²) in [6.07, 6.45) is 7.46. The lowest BCUT2D eigenvalue weighted by molar-refractivity contribution is -0.137. The van der Waals surface area contributed by atoms with Crippen molar-refractivity contribution in [2.24, 2.45) is 11.8 Å². The molecule has 1 fully saturated rings. The Balaban J connectivity index is 1.75. The molecule has 2 heteroatoms. The van der Waals surface area contributed by atoms with E-state index in [2.05, 4.69) is 19.1 Å². The van der Waals surface area contributed by atoms with Crippen molar-refractivity contribution < 1.29 is 4.79 Å². The maximum absolute atomic E-state index is 11.6. The van der Waals surface area contributed by atoms with Crippen molar-refractivity contribution in [3.63, 3.8) is 0 Å². The molecule has 0 spiro atoms. The Labute approximate surface area is 79.6 Å². The first kappa shape index (κ1) is 8.79. The van der Waals surface area contributed by atoms with E-state index >= 15 is 0 Å². The Morgan fingerprint density at radius 2 is 2.31 bits per heavy atom. The molecular weight excluding hydrogens is 162 g/mol. The predicted octanol–water partition coefficient (Wildman–Crippen LogP) is 1.82. The molecule has 0 aromatic rings. The summed E-state index contributed by atoms with van der Waals surface area (Å²) < 4.78 is 0. The van der Waals surface area contributed by atoms with E-state index in [0.29, 0.717) is 11.8 Å². The highest BCUT2D eigenvalue weighted by molar-refractivity contribution is 5.77. The summed E-state index contributed by atoms with van der Waals surface area (Å²) in [5.41, 5.74) is 0. The van der Waals surface area contributed by atoms with E-state index in [1.807, 2.05) is 4.90 Å². The zero-order chi connectivity index (χ0) is 9.26. The van der Waals surface area contributed by atoms with E-state index in [-0.39, 0.29) is 0 Å². The monoisotopic (exact) mass is 179 g/mol. The lowest BCUT2D eigenvalue weighted by Crippen LogP contribution is -2.48. The molecule has 0 N–H and O–H groups in total. The normalized spacial score (nSPS) is 27.8. The smallest absolute Gasteiger partial charge is 0.223 e. The Hall–Kier alpha value is -0.790. The lowest BCUT2D eigenvalue weighted by Gasteiger charge is -2.37. The molecule has 0 aromatic heterocycles. The third kappa shape index (κ3) is 1.93. The van der Waals surface area contributed by atoms with Crippen LogP contribution in [0.4, 0.5) is 0 Å². The topological polar surface area (TPSA) is 20.3 Å². The van der Waals surface area contributed by atoms with Crippen molar-refractivity contribution in [3.05, 3.63) is 12.2 Å². The molecule has 1 aliphatic heterocycles.